The molecule has 0 aromatic heterocycles. The van der Waals surface area contributed by atoms with E-state index in [-0.39, 0.29) is 10.9 Å². The number of carbonyl (C=O) groups is 1. The molecule has 0 unspecified atom stereocenters. The molecule has 1 saturated heterocycles. The second-order valence-corrected chi connectivity index (χ2v) is 6.52. The maximum Gasteiger partial charge on any atom is 0.264 e. The molecule has 0 aliphatic carbocycles. The smallest absolute Gasteiger partial charge is 0.264 e. The van der Waals surface area contributed by atoms with Crippen LogP contribution < -0.4 is 10.1 Å². The van der Waals surface area contributed by atoms with E-state index in [4.69, 9.17) is 16.3 Å². The highest BCUT2D eigenvalue weighted by molar-refractivity contribution is 8.18. The van der Waals surface area contributed by atoms with Gasteiger partial charge in [0.1, 0.15) is 11.6 Å². The minimum Gasteiger partial charge on any atom is -0.494 e. The van der Waals surface area contributed by atoms with Gasteiger partial charge in [-0.25, -0.2) is 9.38 Å². The zero-order valence-electron chi connectivity index (χ0n) is 13.3. The lowest BCUT2D eigenvalue weighted by atomic mass is 10.2. The van der Waals surface area contributed by atoms with Gasteiger partial charge in [0.05, 0.1) is 22.2 Å². The number of ether oxygens (including phenoxy) is 1. The van der Waals surface area contributed by atoms with Gasteiger partial charge in [-0.2, -0.15) is 0 Å². The number of amidine groups is 1. The molecule has 0 atom stereocenters. The largest absolute Gasteiger partial charge is 0.494 e. The van der Waals surface area contributed by atoms with Crippen molar-refractivity contribution in [1.29, 1.82) is 0 Å². The van der Waals surface area contributed by atoms with Crippen molar-refractivity contribution < 1.29 is 13.9 Å². The first-order valence-corrected chi connectivity index (χ1v) is 8.72. The molecule has 0 bridgehead atoms. The SMILES string of the molecule is CCOc1ccc(C=C2SC(=Nc3ccc(F)c(Cl)c3)NC2=O)cc1. The summed E-state index contributed by atoms with van der Waals surface area (Å²) in [5.41, 5.74) is 1.35. The Balaban J connectivity index is 1.77. The summed E-state index contributed by atoms with van der Waals surface area (Å²) < 4.78 is 18.6. The van der Waals surface area contributed by atoms with Gasteiger partial charge in [-0.05, 0) is 60.7 Å². The van der Waals surface area contributed by atoms with Gasteiger partial charge in [0.25, 0.3) is 5.91 Å². The standard InChI is InChI=1S/C18H14ClFN2O2S/c1-2-24-13-6-3-11(4-7-13)9-16-17(23)22-18(25-16)21-12-5-8-15(20)14(19)10-12/h3-10H,2H2,1H3,(H,21,22,23). The van der Waals surface area contributed by atoms with E-state index in [0.29, 0.717) is 22.4 Å². The Morgan fingerprint density at radius 1 is 1.28 bits per heavy atom. The van der Waals surface area contributed by atoms with Crippen LogP contribution in [-0.2, 0) is 4.79 Å². The van der Waals surface area contributed by atoms with E-state index in [0.717, 1.165) is 11.3 Å². The molecule has 7 heteroatoms. The first-order chi connectivity index (χ1) is 12.0. The van der Waals surface area contributed by atoms with Crippen LogP contribution in [0, 0.1) is 5.82 Å². The molecular weight excluding hydrogens is 363 g/mol. The van der Waals surface area contributed by atoms with E-state index < -0.39 is 5.82 Å². The molecule has 128 valence electrons. The Morgan fingerprint density at radius 3 is 2.72 bits per heavy atom. The Labute approximate surface area is 153 Å². The lowest BCUT2D eigenvalue weighted by Gasteiger charge is -2.02. The zero-order chi connectivity index (χ0) is 17.8. The number of nitrogens with zero attached hydrogens (tertiary/aromatic N) is 1. The molecule has 2 aromatic rings. The first-order valence-electron chi connectivity index (χ1n) is 7.52. The molecule has 4 nitrogen and oxygen atoms in total. The Kier molecular flexibility index (Phi) is 5.40. The highest BCUT2D eigenvalue weighted by Gasteiger charge is 2.23. The van der Waals surface area contributed by atoms with Crippen LogP contribution in [0.3, 0.4) is 0 Å². The van der Waals surface area contributed by atoms with Crippen LogP contribution in [0.1, 0.15) is 12.5 Å². The van der Waals surface area contributed by atoms with Gasteiger partial charge in [-0.15, -0.1) is 0 Å². The summed E-state index contributed by atoms with van der Waals surface area (Å²) in [5.74, 6) is 0.0410. The minimum atomic E-state index is -0.509. The summed E-state index contributed by atoms with van der Waals surface area (Å²) in [6.07, 6.45) is 1.77. The van der Waals surface area contributed by atoms with Crippen LogP contribution in [0.4, 0.5) is 10.1 Å². The van der Waals surface area contributed by atoms with E-state index in [2.05, 4.69) is 10.3 Å². The van der Waals surface area contributed by atoms with Gasteiger partial charge in [0, 0.05) is 0 Å². The Bertz CT molecular complexity index is 866. The molecule has 0 radical (unpaired) electrons. The Morgan fingerprint density at radius 2 is 2.04 bits per heavy atom. The van der Waals surface area contributed by atoms with E-state index in [1.165, 1.54) is 30.0 Å². The summed E-state index contributed by atoms with van der Waals surface area (Å²) in [6.45, 7) is 2.52. The normalized spacial score (nSPS) is 17.2. The van der Waals surface area contributed by atoms with Crippen LogP contribution in [0.25, 0.3) is 6.08 Å². The second kappa shape index (κ2) is 7.72. The number of benzene rings is 2. The van der Waals surface area contributed by atoms with Crippen molar-refractivity contribution in [2.45, 2.75) is 6.92 Å². The van der Waals surface area contributed by atoms with Crippen LogP contribution in [0.2, 0.25) is 5.02 Å². The van der Waals surface area contributed by atoms with Gasteiger partial charge in [-0.3, -0.25) is 4.79 Å². The predicted octanol–water partition coefficient (Wildman–Crippen LogP) is 4.77. The molecule has 2 aromatic carbocycles. The van der Waals surface area contributed by atoms with Gasteiger partial charge in [0.15, 0.2) is 5.17 Å². The second-order valence-electron chi connectivity index (χ2n) is 5.08. The quantitative estimate of drug-likeness (QED) is 0.782. The monoisotopic (exact) mass is 376 g/mol. The number of amides is 1. The van der Waals surface area contributed by atoms with Crippen molar-refractivity contribution in [3.8, 4) is 5.75 Å². The zero-order valence-corrected chi connectivity index (χ0v) is 14.8. The van der Waals surface area contributed by atoms with E-state index >= 15 is 0 Å². The number of halogens is 2. The average molecular weight is 377 g/mol. The highest BCUT2D eigenvalue weighted by atomic mass is 35.5. The third kappa shape index (κ3) is 4.41. The van der Waals surface area contributed by atoms with Crippen molar-refractivity contribution in [1.82, 2.24) is 5.32 Å². The van der Waals surface area contributed by atoms with Crippen LogP contribution in [0.5, 0.6) is 5.75 Å². The highest BCUT2D eigenvalue weighted by Crippen LogP contribution is 2.29. The van der Waals surface area contributed by atoms with Crippen LogP contribution in [0.15, 0.2) is 52.4 Å². The molecule has 1 fully saturated rings. The van der Waals surface area contributed by atoms with Gasteiger partial charge >= 0.3 is 0 Å². The molecule has 1 amide bonds. The fourth-order valence-electron chi connectivity index (χ4n) is 2.13. The number of rotatable bonds is 4. The molecule has 3 rings (SSSR count). The lowest BCUT2D eigenvalue weighted by Crippen LogP contribution is -2.19. The average Bonchev–Trinajstić information content (AvgIpc) is 2.92. The minimum absolute atomic E-state index is 0.0127. The van der Waals surface area contributed by atoms with E-state index in [1.807, 2.05) is 31.2 Å². The molecule has 1 aliphatic rings. The lowest BCUT2D eigenvalue weighted by molar-refractivity contribution is -0.115. The third-order valence-corrected chi connectivity index (χ3v) is 4.47. The number of aliphatic imine (C=N–C) groups is 1. The molecule has 25 heavy (non-hydrogen) atoms. The van der Waals surface area contributed by atoms with Gasteiger partial charge in [-0.1, -0.05) is 23.7 Å². The molecular formula is C18H14ClFN2O2S. The number of carbonyl (C=O) groups excluding carboxylic acids is 1. The van der Waals surface area contributed by atoms with Crippen molar-refractivity contribution in [3.05, 3.63) is 63.8 Å². The summed E-state index contributed by atoms with van der Waals surface area (Å²) >= 11 is 6.95. The van der Waals surface area contributed by atoms with E-state index in [9.17, 15) is 9.18 Å². The maximum atomic E-state index is 13.2. The molecule has 1 aliphatic heterocycles. The van der Waals surface area contributed by atoms with Crippen molar-refractivity contribution >= 4 is 46.2 Å². The maximum absolute atomic E-state index is 13.2. The fourth-order valence-corrected chi connectivity index (χ4v) is 3.15. The summed E-state index contributed by atoms with van der Waals surface area (Å²) in [4.78, 5) is 16.9. The van der Waals surface area contributed by atoms with Crippen LogP contribution in [-0.4, -0.2) is 17.7 Å². The summed E-state index contributed by atoms with van der Waals surface area (Å²) in [7, 11) is 0. The molecule has 0 saturated carbocycles. The predicted molar refractivity (Wildman–Crippen MR) is 99.8 cm³/mol. The summed E-state index contributed by atoms with van der Waals surface area (Å²) in [5, 5.41) is 3.09. The number of thioether (sulfide) groups is 1. The first kappa shape index (κ1) is 17.5. The van der Waals surface area contributed by atoms with Crippen molar-refractivity contribution in [2.24, 2.45) is 4.99 Å². The molecule has 1 heterocycles. The third-order valence-electron chi connectivity index (χ3n) is 3.27. The number of nitrogens with one attached hydrogen (secondary N) is 1. The summed E-state index contributed by atoms with van der Waals surface area (Å²) in [6, 6.07) is 11.6. The fraction of sp³-hybridized carbons (Fsp3) is 0.111. The Hall–Kier alpha value is -2.31. The van der Waals surface area contributed by atoms with Crippen molar-refractivity contribution in [3.63, 3.8) is 0 Å². The van der Waals surface area contributed by atoms with Gasteiger partial charge < -0.3 is 10.1 Å². The topological polar surface area (TPSA) is 50.7 Å². The van der Waals surface area contributed by atoms with E-state index in [1.54, 1.807) is 6.08 Å². The number of hydrogen-bond donors (Lipinski definition) is 1. The number of hydrogen-bond acceptors (Lipinski definition) is 4. The molecule has 1 N–H and O–H groups in total. The molecule has 0 spiro atoms. The van der Waals surface area contributed by atoms with Crippen molar-refractivity contribution in [2.75, 3.05) is 6.61 Å². The van der Waals surface area contributed by atoms with Gasteiger partial charge in [0.2, 0.25) is 0 Å². The van der Waals surface area contributed by atoms with Crippen LogP contribution >= 0.6 is 23.4 Å².